The summed E-state index contributed by atoms with van der Waals surface area (Å²) in [4.78, 5) is 14.6. The maximum Gasteiger partial charge on any atom is 0.251 e. The zero-order valence-corrected chi connectivity index (χ0v) is 16.1. The molecule has 1 aliphatic rings. The lowest BCUT2D eigenvalue weighted by Crippen LogP contribution is -2.37. The number of aryl methyl sites for hydroxylation is 1. The van der Waals surface area contributed by atoms with Crippen molar-refractivity contribution in [1.82, 2.24) is 15.5 Å². The Kier molecular flexibility index (Phi) is 5.02. The van der Waals surface area contributed by atoms with Crippen LogP contribution in [0.5, 0.6) is 5.75 Å². The maximum absolute atomic E-state index is 12.4. The Morgan fingerprint density at radius 3 is 2.64 bits per heavy atom. The summed E-state index contributed by atoms with van der Waals surface area (Å²) in [6, 6.07) is 17.7. The van der Waals surface area contributed by atoms with Crippen LogP contribution >= 0.6 is 0 Å². The van der Waals surface area contributed by atoms with E-state index in [4.69, 9.17) is 4.74 Å². The summed E-state index contributed by atoms with van der Waals surface area (Å²) in [6.07, 6.45) is 0.905. The summed E-state index contributed by atoms with van der Waals surface area (Å²) in [5, 5.41) is 10.7. The molecule has 6 nitrogen and oxygen atoms in total. The first kappa shape index (κ1) is 18.1. The first-order chi connectivity index (χ1) is 13.6. The molecule has 1 aromatic heterocycles. The van der Waals surface area contributed by atoms with Crippen molar-refractivity contribution in [3.63, 3.8) is 0 Å². The number of anilines is 1. The first-order valence-electron chi connectivity index (χ1n) is 9.45. The van der Waals surface area contributed by atoms with Crippen molar-refractivity contribution >= 4 is 11.7 Å². The van der Waals surface area contributed by atoms with Gasteiger partial charge in [-0.3, -0.25) is 9.89 Å². The number of ether oxygens (including phenoxy) is 1. The minimum absolute atomic E-state index is 0.0206. The lowest BCUT2D eigenvalue weighted by atomic mass is 10.1. The molecule has 1 amide bonds. The second kappa shape index (κ2) is 7.76. The summed E-state index contributed by atoms with van der Waals surface area (Å²) in [7, 11) is 1.66. The van der Waals surface area contributed by atoms with Crippen LogP contribution in [0.4, 0.5) is 5.82 Å². The van der Waals surface area contributed by atoms with Crippen molar-refractivity contribution in [2.75, 3.05) is 25.1 Å². The van der Waals surface area contributed by atoms with Crippen molar-refractivity contribution in [2.24, 2.45) is 0 Å². The summed E-state index contributed by atoms with van der Waals surface area (Å²) < 4.78 is 5.20. The van der Waals surface area contributed by atoms with E-state index in [0.717, 1.165) is 47.9 Å². The van der Waals surface area contributed by atoms with Crippen molar-refractivity contribution < 1.29 is 9.53 Å². The number of carbonyl (C=O) groups is 1. The second-order valence-corrected chi connectivity index (χ2v) is 7.14. The van der Waals surface area contributed by atoms with Crippen molar-refractivity contribution in [2.45, 2.75) is 19.4 Å². The van der Waals surface area contributed by atoms with Gasteiger partial charge in [-0.25, -0.2) is 0 Å². The highest BCUT2D eigenvalue weighted by molar-refractivity contribution is 5.94. The van der Waals surface area contributed by atoms with Crippen LogP contribution in [0.3, 0.4) is 0 Å². The number of rotatable bonds is 5. The Morgan fingerprint density at radius 2 is 1.93 bits per heavy atom. The van der Waals surface area contributed by atoms with Crippen molar-refractivity contribution in [1.29, 1.82) is 0 Å². The van der Waals surface area contributed by atoms with Gasteiger partial charge in [-0.2, -0.15) is 5.10 Å². The van der Waals surface area contributed by atoms with E-state index in [9.17, 15) is 4.79 Å². The van der Waals surface area contributed by atoms with Crippen LogP contribution in [-0.4, -0.2) is 42.3 Å². The lowest BCUT2D eigenvalue weighted by molar-refractivity contribution is 0.0940. The van der Waals surface area contributed by atoms with Gasteiger partial charge < -0.3 is 15.0 Å². The molecule has 6 heteroatoms. The lowest BCUT2D eigenvalue weighted by Gasteiger charge is -2.16. The summed E-state index contributed by atoms with van der Waals surface area (Å²) in [5.74, 6) is 1.71. The minimum atomic E-state index is -0.0206. The van der Waals surface area contributed by atoms with Crippen LogP contribution in [0.25, 0.3) is 11.3 Å². The minimum Gasteiger partial charge on any atom is -0.497 e. The van der Waals surface area contributed by atoms with E-state index in [-0.39, 0.29) is 11.9 Å². The summed E-state index contributed by atoms with van der Waals surface area (Å²) in [5.41, 5.74) is 3.87. The highest BCUT2D eigenvalue weighted by Gasteiger charge is 2.26. The van der Waals surface area contributed by atoms with Crippen molar-refractivity contribution in [3.05, 3.63) is 65.7 Å². The van der Waals surface area contributed by atoms with Crippen LogP contribution in [-0.2, 0) is 0 Å². The van der Waals surface area contributed by atoms with E-state index in [1.54, 1.807) is 7.11 Å². The molecular formula is C22H24N4O2. The van der Waals surface area contributed by atoms with E-state index in [0.29, 0.717) is 5.56 Å². The SMILES string of the molecule is COc1ccc(-c2cc(N3CC[C@H](NC(=O)c4ccc(C)cc4)C3)n[nH]2)cc1. The molecule has 0 aliphatic carbocycles. The second-order valence-electron chi connectivity index (χ2n) is 7.14. The first-order valence-corrected chi connectivity index (χ1v) is 9.45. The third-order valence-electron chi connectivity index (χ3n) is 5.13. The molecule has 28 heavy (non-hydrogen) atoms. The number of amides is 1. The zero-order valence-electron chi connectivity index (χ0n) is 16.1. The van der Waals surface area contributed by atoms with Crippen LogP contribution in [0.2, 0.25) is 0 Å². The Bertz CT molecular complexity index is 947. The van der Waals surface area contributed by atoms with Gasteiger partial charge in [0.05, 0.1) is 12.8 Å². The molecule has 144 valence electrons. The van der Waals surface area contributed by atoms with Crippen molar-refractivity contribution in [3.8, 4) is 17.0 Å². The van der Waals surface area contributed by atoms with Crippen LogP contribution in [0.1, 0.15) is 22.3 Å². The smallest absolute Gasteiger partial charge is 0.251 e. The zero-order chi connectivity index (χ0) is 19.5. The van der Waals surface area contributed by atoms with E-state index < -0.39 is 0 Å². The Hall–Kier alpha value is -3.28. The molecule has 3 aromatic rings. The fourth-order valence-corrected chi connectivity index (χ4v) is 3.45. The number of aromatic amines is 1. The van der Waals surface area contributed by atoms with Gasteiger partial charge in [0, 0.05) is 30.8 Å². The predicted molar refractivity (Wildman–Crippen MR) is 110 cm³/mol. The topological polar surface area (TPSA) is 70.2 Å². The van der Waals surface area contributed by atoms with Gasteiger partial charge in [-0.05, 0) is 55.3 Å². The normalized spacial score (nSPS) is 16.2. The number of nitrogens with one attached hydrogen (secondary N) is 2. The molecule has 2 N–H and O–H groups in total. The number of nitrogens with zero attached hydrogens (tertiary/aromatic N) is 2. The third kappa shape index (κ3) is 3.86. The highest BCUT2D eigenvalue weighted by atomic mass is 16.5. The summed E-state index contributed by atoms with van der Waals surface area (Å²) >= 11 is 0. The van der Waals surface area contributed by atoms with Gasteiger partial charge in [0.25, 0.3) is 5.91 Å². The van der Waals surface area contributed by atoms with E-state index in [1.807, 2.05) is 61.5 Å². The predicted octanol–water partition coefficient (Wildman–Crippen LogP) is 3.40. The molecule has 0 radical (unpaired) electrons. The largest absolute Gasteiger partial charge is 0.497 e. The third-order valence-corrected chi connectivity index (χ3v) is 5.13. The van der Waals surface area contributed by atoms with E-state index >= 15 is 0 Å². The fraction of sp³-hybridized carbons (Fsp3) is 0.273. The quantitative estimate of drug-likeness (QED) is 0.716. The van der Waals surface area contributed by atoms with Gasteiger partial charge in [0.1, 0.15) is 5.75 Å². The highest BCUT2D eigenvalue weighted by Crippen LogP contribution is 2.26. The molecule has 1 atom stereocenters. The number of methoxy groups -OCH3 is 1. The number of benzene rings is 2. The van der Waals surface area contributed by atoms with Crippen LogP contribution in [0.15, 0.2) is 54.6 Å². The molecule has 4 rings (SSSR count). The van der Waals surface area contributed by atoms with Crippen LogP contribution in [0, 0.1) is 6.92 Å². The number of H-pyrrole nitrogens is 1. The molecule has 0 saturated carbocycles. The van der Waals surface area contributed by atoms with Gasteiger partial charge in [0.2, 0.25) is 0 Å². The number of aromatic nitrogens is 2. The Labute approximate surface area is 164 Å². The maximum atomic E-state index is 12.4. The molecule has 0 bridgehead atoms. The average Bonchev–Trinajstić information content (AvgIpc) is 3.38. The Balaban J connectivity index is 1.38. The fourth-order valence-electron chi connectivity index (χ4n) is 3.45. The number of hydrogen-bond donors (Lipinski definition) is 2. The molecular weight excluding hydrogens is 352 g/mol. The van der Waals surface area contributed by atoms with E-state index in [2.05, 4.69) is 20.4 Å². The number of hydrogen-bond acceptors (Lipinski definition) is 4. The molecule has 0 spiro atoms. The number of carbonyl (C=O) groups excluding carboxylic acids is 1. The molecule has 1 fully saturated rings. The molecule has 0 unspecified atom stereocenters. The average molecular weight is 376 g/mol. The Morgan fingerprint density at radius 1 is 1.18 bits per heavy atom. The van der Waals surface area contributed by atoms with Gasteiger partial charge in [0.15, 0.2) is 5.82 Å². The van der Waals surface area contributed by atoms with Crippen LogP contribution < -0.4 is 15.0 Å². The molecule has 2 aromatic carbocycles. The van der Waals surface area contributed by atoms with E-state index in [1.165, 1.54) is 0 Å². The molecule has 2 heterocycles. The van der Waals surface area contributed by atoms with Gasteiger partial charge in [-0.1, -0.05) is 17.7 Å². The monoisotopic (exact) mass is 376 g/mol. The molecule has 1 aliphatic heterocycles. The molecule has 1 saturated heterocycles. The standard InChI is InChI=1S/C22H24N4O2/c1-15-3-5-17(6-4-15)22(27)23-18-11-12-26(14-18)21-13-20(24-25-21)16-7-9-19(28-2)10-8-16/h3-10,13,18H,11-12,14H2,1-2H3,(H,23,27)(H,24,25)/t18-/m0/s1. The van der Waals surface area contributed by atoms with Gasteiger partial charge in [-0.15, -0.1) is 0 Å². The van der Waals surface area contributed by atoms with Gasteiger partial charge >= 0.3 is 0 Å². The summed E-state index contributed by atoms with van der Waals surface area (Å²) in [6.45, 7) is 3.64.